The summed E-state index contributed by atoms with van der Waals surface area (Å²) in [7, 11) is 0. The fraction of sp³-hybridized carbons (Fsp3) is 0.125. The van der Waals surface area contributed by atoms with Crippen LogP contribution in [0.3, 0.4) is 0 Å². The molecule has 12 heavy (non-hydrogen) atoms. The number of nitrogens with zero attached hydrogens (tertiary/aromatic N) is 2. The van der Waals surface area contributed by atoms with Crippen LogP contribution in [-0.2, 0) is 21.1 Å². The van der Waals surface area contributed by atoms with Gasteiger partial charge in [0.25, 0.3) is 0 Å². The molecule has 4 heteroatoms. The van der Waals surface area contributed by atoms with E-state index in [4.69, 9.17) is 0 Å². The van der Waals surface area contributed by atoms with E-state index >= 15 is 0 Å². The molecule has 0 atom stereocenters. The van der Waals surface area contributed by atoms with E-state index in [0.717, 1.165) is 16.7 Å². The average molecular weight is 331 g/mol. The Hall–Kier alpha value is -0.692. The van der Waals surface area contributed by atoms with Crippen molar-refractivity contribution in [3.05, 3.63) is 31.5 Å². The number of nitrogens with one attached hydrogen (secondary N) is 1. The van der Waals surface area contributed by atoms with Crippen molar-refractivity contribution in [1.29, 1.82) is 0 Å². The number of H-pyrrole nitrogens is 1. The van der Waals surface area contributed by atoms with Crippen molar-refractivity contribution in [2.45, 2.75) is 6.92 Å². The van der Waals surface area contributed by atoms with Gasteiger partial charge in [0.1, 0.15) is 0 Å². The maximum Gasteiger partial charge on any atom is 2.00 e. The Kier molecular flexibility index (Phi) is 4.11. The Morgan fingerprint density at radius 3 is 2.92 bits per heavy atom. The third-order valence-corrected chi connectivity index (χ3v) is 1.46. The van der Waals surface area contributed by atoms with Crippen molar-refractivity contribution in [1.82, 2.24) is 15.2 Å². The second-order valence-electron chi connectivity index (χ2n) is 2.16. The molecule has 0 aliphatic heterocycles. The summed E-state index contributed by atoms with van der Waals surface area (Å²) in [6.07, 6.45) is 1.61. The Morgan fingerprint density at radius 1 is 1.50 bits per heavy atom. The molecule has 0 fully saturated rings. The maximum atomic E-state index is 4.00. The molecule has 2 aromatic rings. The predicted molar refractivity (Wildman–Crippen MR) is 43.9 cm³/mol. The van der Waals surface area contributed by atoms with Crippen molar-refractivity contribution in [3.63, 3.8) is 0 Å². The topological polar surface area (TPSA) is 41.6 Å². The summed E-state index contributed by atoms with van der Waals surface area (Å²) in [4.78, 5) is 4.00. The largest absolute Gasteiger partial charge is 2.00 e. The number of rotatable bonds is 0. The molecule has 3 nitrogen and oxygen atoms in total. The van der Waals surface area contributed by atoms with E-state index in [9.17, 15) is 0 Å². The zero-order valence-corrected chi connectivity index (χ0v) is 9.89. The molecular weight excluding hydrogens is 322 g/mol. The summed E-state index contributed by atoms with van der Waals surface area (Å²) in [6.45, 7) is 1.96. The van der Waals surface area contributed by atoms with Gasteiger partial charge >= 0.3 is 21.1 Å². The number of hydrogen-bond acceptors (Lipinski definition) is 2. The molecule has 2 heterocycles. The van der Waals surface area contributed by atoms with Gasteiger partial charge in [-0.1, -0.05) is 6.20 Å². The first-order valence-corrected chi connectivity index (χ1v) is 3.05. The van der Waals surface area contributed by atoms with E-state index in [1.165, 1.54) is 0 Å². The van der Waals surface area contributed by atoms with Crippen LogP contribution in [0.2, 0.25) is 0 Å². The van der Waals surface area contributed by atoms with E-state index in [0.29, 0.717) is 0 Å². The molecule has 0 aliphatic rings. The Balaban J connectivity index is 0.000000605. The quantitative estimate of drug-likeness (QED) is 0.744. The fourth-order valence-electron chi connectivity index (χ4n) is 0.915. The maximum absolute atomic E-state index is 4.00. The number of aromatic nitrogens is 3. The number of pyridine rings is 1. The smallest absolute Gasteiger partial charge is 0.358 e. The number of aryl methyl sites for hydroxylation is 1. The van der Waals surface area contributed by atoms with Gasteiger partial charge in [-0.2, -0.15) is 5.10 Å². The number of fused-ring (bicyclic) bond motifs is 1. The van der Waals surface area contributed by atoms with Crippen molar-refractivity contribution in [3.8, 4) is 0 Å². The first kappa shape index (κ1) is 11.3. The molecular formula is C8H9N3W. The number of hydrogen-bond donors (Lipinski definition) is 1. The SMILES string of the molecule is Cc1[nH]nc2nc[c-]cc12.[CH3-].[W+2]. The molecule has 1 N–H and O–H groups in total. The zero-order valence-electron chi connectivity index (χ0n) is 6.96. The first-order chi connectivity index (χ1) is 4.88. The van der Waals surface area contributed by atoms with Crippen LogP contribution in [-0.4, -0.2) is 15.2 Å². The standard InChI is InChI=1S/C7H6N3.CH3.W/c1-5-6-3-2-4-8-7(6)10-9-5;;/h3-4H,1H3,(H,8,9,10);1H3;/q2*-1;+2. The summed E-state index contributed by atoms with van der Waals surface area (Å²) >= 11 is 0. The van der Waals surface area contributed by atoms with Gasteiger partial charge in [0, 0.05) is 0 Å². The van der Waals surface area contributed by atoms with E-state index < -0.39 is 0 Å². The van der Waals surface area contributed by atoms with E-state index in [2.05, 4.69) is 21.2 Å². The Labute approximate surface area is 85.9 Å². The molecule has 0 saturated carbocycles. The third kappa shape index (κ3) is 1.72. The molecule has 0 spiro atoms. The molecule has 0 saturated heterocycles. The average Bonchev–Trinajstić information content (AvgIpc) is 2.34. The molecule has 0 amide bonds. The molecule has 0 unspecified atom stereocenters. The van der Waals surface area contributed by atoms with Crippen LogP contribution in [0.4, 0.5) is 0 Å². The second kappa shape index (κ2) is 4.36. The summed E-state index contributed by atoms with van der Waals surface area (Å²) in [6, 6.07) is 4.77. The second-order valence-corrected chi connectivity index (χ2v) is 2.16. The van der Waals surface area contributed by atoms with Gasteiger partial charge in [0.15, 0.2) is 0 Å². The summed E-state index contributed by atoms with van der Waals surface area (Å²) in [5.41, 5.74) is 1.80. The Bertz CT molecular complexity index is 356. The van der Waals surface area contributed by atoms with Crippen LogP contribution in [0.15, 0.2) is 12.3 Å². The molecule has 0 aliphatic carbocycles. The Morgan fingerprint density at radius 2 is 2.25 bits per heavy atom. The van der Waals surface area contributed by atoms with Crippen molar-refractivity contribution >= 4 is 11.0 Å². The minimum atomic E-state index is 0. The fourth-order valence-corrected chi connectivity index (χ4v) is 0.915. The molecule has 2 aromatic heterocycles. The van der Waals surface area contributed by atoms with Crippen molar-refractivity contribution in [2.24, 2.45) is 0 Å². The predicted octanol–water partition coefficient (Wildman–Crippen LogP) is 1.51. The summed E-state index contributed by atoms with van der Waals surface area (Å²) < 4.78 is 0. The van der Waals surface area contributed by atoms with E-state index in [1.807, 2.05) is 13.0 Å². The van der Waals surface area contributed by atoms with Gasteiger partial charge in [0.05, 0.1) is 5.65 Å². The van der Waals surface area contributed by atoms with Crippen molar-refractivity contribution in [2.75, 3.05) is 0 Å². The molecule has 62 valence electrons. The molecule has 0 radical (unpaired) electrons. The van der Waals surface area contributed by atoms with Gasteiger partial charge in [-0.3, -0.25) is 10.1 Å². The van der Waals surface area contributed by atoms with Crippen LogP contribution in [0.1, 0.15) is 5.69 Å². The van der Waals surface area contributed by atoms with Crippen LogP contribution < -0.4 is 0 Å². The van der Waals surface area contributed by atoms with E-state index in [-0.39, 0.29) is 28.5 Å². The van der Waals surface area contributed by atoms with Crippen molar-refractivity contribution < 1.29 is 21.1 Å². The minimum absolute atomic E-state index is 0. The van der Waals surface area contributed by atoms with Crippen LogP contribution >= 0.6 is 0 Å². The number of aromatic amines is 1. The monoisotopic (exact) mass is 331 g/mol. The van der Waals surface area contributed by atoms with Gasteiger partial charge in [-0.05, 0) is 12.6 Å². The zero-order chi connectivity index (χ0) is 6.97. The first-order valence-electron chi connectivity index (χ1n) is 3.05. The van der Waals surface area contributed by atoms with Gasteiger partial charge in [0.2, 0.25) is 0 Å². The minimum Gasteiger partial charge on any atom is -0.358 e. The normalized spacial score (nSPS) is 8.75. The van der Waals surface area contributed by atoms with Crippen LogP contribution in [0.5, 0.6) is 0 Å². The van der Waals surface area contributed by atoms with Crippen LogP contribution in [0, 0.1) is 20.4 Å². The summed E-state index contributed by atoms with van der Waals surface area (Å²) in [5.74, 6) is 0. The van der Waals surface area contributed by atoms with Gasteiger partial charge < -0.3 is 7.43 Å². The van der Waals surface area contributed by atoms with Gasteiger partial charge in [-0.15, -0.1) is 5.39 Å². The molecule has 2 rings (SSSR count). The van der Waals surface area contributed by atoms with E-state index in [1.54, 1.807) is 6.20 Å². The van der Waals surface area contributed by atoms with Gasteiger partial charge in [-0.25, -0.2) is 12.1 Å². The summed E-state index contributed by atoms with van der Waals surface area (Å²) in [5, 5.41) is 7.85. The van der Waals surface area contributed by atoms with Crippen LogP contribution in [0.25, 0.3) is 11.0 Å². The molecule has 0 bridgehead atoms. The molecule has 0 aromatic carbocycles. The third-order valence-electron chi connectivity index (χ3n) is 1.46.